The van der Waals surface area contributed by atoms with Crippen molar-refractivity contribution in [3.63, 3.8) is 0 Å². The Bertz CT molecular complexity index is 385. The van der Waals surface area contributed by atoms with E-state index in [9.17, 15) is 9.59 Å². The molecule has 1 aromatic rings. The van der Waals surface area contributed by atoms with Crippen LogP contribution >= 0.6 is 11.6 Å². The van der Waals surface area contributed by atoms with Crippen LogP contribution in [0.3, 0.4) is 0 Å². The highest BCUT2D eigenvalue weighted by molar-refractivity contribution is 6.30. The van der Waals surface area contributed by atoms with Gasteiger partial charge in [0.15, 0.2) is 0 Å². The Morgan fingerprint density at radius 1 is 1.25 bits per heavy atom. The van der Waals surface area contributed by atoms with Gasteiger partial charge in [0.25, 0.3) is 0 Å². The number of ether oxygens (including phenoxy) is 2. The second-order valence-corrected chi connectivity index (χ2v) is 3.50. The van der Waals surface area contributed by atoms with Crippen molar-refractivity contribution in [1.29, 1.82) is 0 Å². The maximum atomic E-state index is 11.4. The first-order chi connectivity index (χ1) is 7.54. The number of halogens is 1. The minimum Gasteiger partial charge on any atom is -0.466 e. The lowest BCUT2D eigenvalue weighted by molar-refractivity contribution is -0.165. The third-order valence-corrected chi connectivity index (χ3v) is 2.12. The van der Waals surface area contributed by atoms with Gasteiger partial charge in [0.05, 0.1) is 7.11 Å². The van der Waals surface area contributed by atoms with E-state index in [4.69, 9.17) is 16.3 Å². The zero-order valence-electron chi connectivity index (χ0n) is 8.90. The molecular formula is C11H11ClO4. The first-order valence-corrected chi connectivity index (χ1v) is 4.93. The van der Waals surface area contributed by atoms with Crippen molar-refractivity contribution in [2.45, 2.75) is 13.0 Å². The van der Waals surface area contributed by atoms with Crippen LogP contribution in [-0.2, 0) is 19.1 Å². The van der Waals surface area contributed by atoms with Gasteiger partial charge >= 0.3 is 11.9 Å². The fraction of sp³-hybridized carbons (Fsp3) is 0.273. The molecule has 4 nitrogen and oxygen atoms in total. The zero-order chi connectivity index (χ0) is 12.1. The largest absolute Gasteiger partial charge is 0.466 e. The number of carbonyl (C=O) groups excluding carboxylic acids is 2. The number of hydrogen-bond donors (Lipinski definition) is 0. The van der Waals surface area contributed by atoms with Gasteiger partial charge in [0, 0.05) is 17.5 Å². The maximum Gasteiger partial charge on any atom is 0.351 e. The van der Waals surface area contributed by atoms with Gasteiger partial charge in [-0.25, -0.2) is 4.79 Å². The predicted octanol–water partition coefficient (Wildman–Crippen LogP) is 2.12. The molecule has 0 aliphatic carbocycles. The number of esters is 2. The lowest BCUT2D eigenvalue weighted by atomic mass is 10.1. The molecule has 0 aliphatic heterocycles. The summed E-state index contributed by atoms with van der Waals surface area (Å²) in [6.45, 7) is 1.23. The van der Waals surface area contributed by atoms with Gasteiger partial charge in [-0.3, -0.25) is 4.79 Å². The molecule has 0 unspecified atom stereocenters. The molecule has 1 atom stereocenters. The highest BCUT2D eigenvalue weighted by Gasteiger charge is 2.24. The van der Waals surface area contributed by atoms with Crippen LogP contribution in [0.4, 0.5) is 0 Å². The number of methoxy groups -OCH3 is 1. The topological polar surface area (TPSA) is 52.6 Å². The van der Waals surface area contributed by atoms with Gasteiger partial charge in [-0.1, -0.05) is 23.7 Å². The quantitative estimate of drug-likeness (QED) is 0.762. The molecule has 0 saturated carbocycles. The van der Waals surface area contributed by atoms with Crippen LogP contribution in [0.25, 0.3) is 0 Å². The summed E-state index contributed by atoms with van der Waals surface area (Å²) in [6.07, 6.45) is -1.04. The van der Waals surface area contributed by atoms with Crippen molar-refractivity contribution in [3.8, 4) is 0 Å². The fourth-order valence-corrected chi connectivity index (χ4v) is 1.29. The zero-order valence-corrected chi connectivity index (χ0v) is 9.65. The van der Waals surface area contributed by atoms with Gasteiger partial charge in [-0.2, -0.15) is 0 Å². The Morgan fingerprint density at radius 2 is 1.81 bits per heavy atom. The fourth-order valence-electron chi connectivity index (χ4n) is 1.16. The Balaban J connectivity index is 2.96. The molecule has 1 aromatic carbocycles. The number of hydrogen-bond acceptors (Lipinski definition) is 4. The summed E-state index contributed by atoms with van der Waals surface area (Å²) in [4.78, 5) is 22.3. The third-order valence-electron chi connectivity index (χ3n) is 1.87. The Labute approximate surface area is 98.1 Å². The molecule has 16 heavy (non-hydrogen) atoms. The summed E-state index contributed by atoms with van der Waals surface area (Å²) in [5.41, 5.74) is 0.520. The molecule has 1 rings (SSSR count). The molecule has 0 spiro atoms. The van der Waals surface area contributed by atoms with Gasteiger partial charge in [-0.05, 0) is 12.1 Å². The Hall–Kier alpha value is -1.55. The van der Waals surface area contributed by atoms with Crippen molar-refractivity contribution in [2.75, 3.05) is 7.11 Å². The van der Waals surface area contributed by atoms with Crippen molar-refractivity contribution in [3.05, 3.63) is 34.9 Å². The third kappa shape index (κ3) is 3.24. The summed E-state index contributed by atoms with van der Waals surface area (Å²) < 4.78 is 9.42. The number of benzene rings is 1. The monoisotopic (exact) mass is 242 g/mol. The van der Waals surface area contributed by atoms with Crippen LogP contribution in [0.15, 0.2) is 24.3 Å². The summed E-state index contributed by atoms with van der Waals surface area (Å²) >= 11 is 5.71. The van der Waals surface area contributed by atoms with Crippen LogP contribution in [0.1, 0.15) is 18.6 Å². The van der Waals surface area contributed by atoms with E-state index in [-0.39, 0.29) is 0 Å². The van der Waals surface area contributed by atoms with Gasteiger partial charge in [0.2, 0.25) is 6.10 Å². The molecule has 0 aromatic heterocycles. The minimum absolute atomic E-state index is 0.520. The van der Waals surface area contributed by atoms with E-state index >= 15 is 0 Å². The van der Waals surface area contributed by atoms with Crippen molar-refractivity contribution < 1.29 is 19.1 Å². The molecule has 5 heteroatoms. The second-order valence-electron chi connectivity index (χ2n) is 3.06. The van der Waals surface area contributed by atoms with E-state index in [0.717, 1.165) is 0 Å². The normalized spacial score (nSPS) is 11.7. The predicted molar refractivity (Wildman–Crippen MR) is 58.0 cm³/mol. The molecule has 0 radical (unpaired) electrons. The lowest BCUT2D eigenvalue weighted by Crippen LogP contribution is -2.19. The average molecular weight is 243 g/mol. The first kappa shape index (κ1) is 12.5. The van der Waals surface area contributed by atoms with Crippen LogP contribution in [0.2, 0.25) is 5.02 Å². The average Bonchev–Trinajstić information content (AvgIpc) is 2.26. The van der Waals surface area contributed by atoms with E-state index in [2.05, 4.69) is 4.74 Å². The van der Waals surface area contributed by atoms with E-state index in [1.165, 1.54) is 14.0 Å². The lowest BCUT2D eigenvalue weighted by Gasteiger charge is -2.14. The summed E-state index contributed by atoms with van der Waals surface area (Å²) in [5.74, 6) is -1.18. The smallest absolute Gasteiger partial charge is 0.351 e. The van der Waals surface area contributed by atoms with Crippen LogP contribution in [0.5, 0.6) is 0 Å². The number of rotatable bonds is 3. The SMILES string of the molecule is COC(=O)[C@@H](OC(C)=O)c1ccc(Cl)cc1. The Morgan fingerprint density at radius 3 is 2.25 bits per heavy atom. The van der Waals surface area contributed by atoms with Crippen LogP contribution in [0, 0.1) is 0 Å². The standard InChI is InChI=1S/C11H11ClO4/c1-7(13)16-10(11(14)15-2)8-3-5-9(12)6-4-8/h3-6,10H,1-2H3/t10-/m0/s1. The van der Waals surface area contributed by atoms with E-state index < -0.39 is 18.0 Å². The van der Waals surface area contributed by atoms with E-state index in [1.54, 1.807) is 24.3 Å². The molecule has 0 bridgehead atoms. The van der Waals surface area contributed by atoms with Crippen molar-refractivity contribution >= 4 is 23.5 Å². The van der Waals surface area contributed by atoms with Gasteiger partial charge in [0.1, 0.15) is 0 Å². The number of carbonyl (C=O) groups is 2. The van der Waals surface area contributed by atoms with E-state index in [1.807, 2.05) is 0 Å². The molecule has 0 amide bonds. The molecule has 0 saturated heterocycles. The maximum absolute atomic E-state index is 11.4. The highest BCUT2D eigenvalue weighted by atomic mass is 35.5. The van der Waals surface area contributed by atoms with E-state index in [0.29, 0.717) is 10.6 Å². The summed E-state index contributed by atoms with van der Waals surface area (Å²) in [7, 11) is 1.23. The first-order valence-electron chi connectivity index (χ1n) is 4.55. The molecular weight excluding hydrogens is 232 g/mol. The molecule has 0 aliphatic rings. The van der Waals surface area contributed by atoms with Gasteiger partial charge < -0.3 is 9.47 Å². The summed E-state index contributed by atoms with van der Waals surface area (Å²) in [6, 6.07) is 6.42. The molecule has 0 fully saturated rings. The van der Waals surface area contributed by atoms with Crippen LogP contribution < -0.4 is 0 Å². The molecule has 0 heterocycles. The Kier molecular flexibility index (Phi) is 4.31. The van der Waals surface area contributed by atoms with Gasteiger partial charge in [-0.15, -0.1) is 0 Å². The van der Waals surface area contributed by atoms with Crippen molar-refractivity contribution in [1.82, 2.24) is 0 Å². The highest BCUT2D eigenvalue weighted by Crippen LogP contribution is 2.21. The molecule has 0 N–H and O–H groups in total. The minimum atomic E-state index is -1.04. The summed E-state index contributed by atoms with van der Waals surface area (Å²) in [5, 5.41) is 0.537. The second kappa shape index (κ2) is 5.51. The molecule has 86 valence electrons. The van der Waals surface area contributed by atoms with Crippen molar-refractivity contribution in [2.24, 2.45) is 0 Å². The van der Waals surface area contributed by atoms with Crippen LogP contribution in [-0.4, -0.2) is 19.0 Å².